The number of carbonyl (C=O) groups excluding carboxylic acids is 2. The molecule has 0 aliphatic heterocycles. The zero-order valence-corrected chi connectivity index (χ0v) is 15.4. The summed E-state index contributed by atoms with van der Waals surface area (Å²) in [7, 11) is 1.70. The molecule has 0 saturated carbocycles. The standard InChI is InChI=1S/C19H21ClFN3O2/c1-3-22-19(26)13-6-4-7-14(10-13)23-18(25)12-24(2)11-15-16(20)8-5-9-17(15)21/h4-10H,3,11-12H2,1-2H3,(H,22,26)(H,23,25). The molecule has 2 N–H and O–H groups in total. The first-order valence-corrected chi connectivity index (χ1v) is 8.58. The van der Waals surface area contributed by atoms with Gasteiger partial charge in [-0.1, -0.05) is 23.7 Å². The van der Waals surface area contributed by atoms with E-state index in [2.05, 4.69) is 10.6 Å². The van der Waals surface area contributed by atoms with Crippen LogP contribution in [0.1, 0.15) is 22.8 Å². The number of nitrogens with one attached hydrogen (secondary N) is 2. The van der Waals surface area contributed by atoms with E-state index in [0.717, 1.165) is 0 Å². The number of benzene rings is 2. The number of hydrogen-bond acceptors (Lipinski definition) is 3. The van der Waals surface area contributed by atoms with Crippen molar-refractivity contribution in [2.45, 2.75) is 13.5 Å². The predicted octanol–water partition coefficient (Wildman–Crippen LogP) is 3.30. The SMILES string of the molecule is CCNC(=O)c1cccc(NC(=O)CN(C)Cc2c(F)cccc2Cl)c1. The molecule has 0 aliphatic rings. The minimum Gasteiger partial charge on any atom is -0.352 e. The first-order valence-electron chi connectivity index (χ1n) is 8.20. The van der Waals surface area contributed by atoms with E-state index in [9.17, 15) is 14.0 Å². The molecule has 0 fully saturated rings. The zero-order valence-electron chi connectivity index (χ0n) is 14.7. The molecule has 2 aromatic rings. The summed E-state index contributed by atoms with van der Waals surface area (Å²) in [6, 6.07) is 11.2. The number of hydrogen-bond donors (Lipinski definition) is 2. The fraction of sp³-hybridized carbons (Fsp3) is 0.263. The Kier molecular flexibility index (Phi) is 7.12. The first kappa shape index (κ1) is 19.9. The maximum absolute atomic E-state index is 13.8. The van der Waals surface area contributed by atoms with Gasteiger partial charge >= 0.3 is 0 Å². The van der Waals surface area contributed by atoms with E-state index in [4.69, 9.17) is 11.6 Å². The average molecular weight is 378 g/mol. The van der Waals surface area contributed by atoms with Crippen LogP contribution in [-0.2, 0) is 11.3 Å². The quantitative estimate of drug-likeness (QED) is 0.778. The van der Waals surface area contributed by atoms with Crippen molar-refractivity contribution in [2.75, 3.05) is 25.5 Å². The second-order valence-corrected chi connectivity index (χ2v) is 6.27. The van der Waals surface area contributed by atoms with Crippen molar-refractivity contribution in [3.8, 4) is 0 Å². The van der Waals surface area contributed by atoms with E-state index < -0.39 is 5.82 Å². The van der Waals surface area contributed by atoms with E-state index in [1.54, 1.807) is 42.3 Å². The summed E-state index contributed by atoms with van der Waals surface area (Å²) >= 11 is 6.01. The Bertz CT molecular complexity index is 778. The highest BCUT2D eigenvalue weighted by molar-refractivity contribution is 6.31. The molecule has 0 unspecified atom stereocenters. The van der Waals surface area contributed by atoms with Gasteiger partial charge in [0, 0.05) is 34.9 Å². The van der Waals surface area contributed by atoms with Crippen molar-refractivity contribution < 1.29 is 14.0 Å². The summed E-state index contributed by atoms with van der Waals surface area (Å²) in [4.78, 5) is 25.7. The Morgan fingerprint density at radius 3 is 2.62 bits per heavy atom. The normalized spacial score (nSPS) is 10.7. The molecular formula is C19H21ClFN3O2. The van der Waals surface area contributed by atoms with Crippen molar-refractivity contribution >= 4 is 29.1 Å². The zero-order chi connectivity index (χ0) is 19.1. The lowest BCUT2D eigenvalue weighted by atomic mass is 10.2. The van der Waals surface area contributed by atoms with Crippen molar-refractivity contribution in [3.05, 3.63) is 64.4 Å². The fourth-order valence-electron chi connectivity index (χ4n) is 2.46. The third-order valence-corrected chi connectivity index (χ3v) is 4.00. The summed E-state index contributed by atoms with van der Waals surface area (Å²) in [5, 5.41) is 5.77. The van der Waals surface area contributed by atoms with Crippen LogP contribution in [0.2, 0.25) is 5.02 Å². The van der Waals surface area contributed by atoms with Crippen LogP contribution in [0.25, 0.3) is 0 Å². The molecule has 138 valence electrons. The van der Waals surface area contributed by atoms with E-state index in [1.165, 1.54) is 12.1 Å². The molecule has 26 heavy (non-hydrogen) atoms. The second-order valence-electron chi connectivity index (χ2n) is 5.86. The van der Waals surface area contributed by atoms with Crippen LogP contribution in [0, 0.1) is 5.82 Å². The predicted molar refractivity (Wildman–Crippen MR) is 101 cm³/mol. The number of anilines is 1. The van der Waals surface area contributed by atoms with E-state index in [-0.39, 0.29) is 24.9 Å². The summed E-state index contributed by atoms with van der Waals surface area (Å²) in [6.45, 7) is 2.62. The van der Waals surface area contributed by atoms with Gasteiger partial charge in [-0.25, -0.2) is 4.39 Å². The van der Waals surface area contributed by atoms with E-state index in [1.807, 2.05) is 6.92 Å². The number of nitrogens with zero attached hydrogens (tertiary/aromatic N) is 1. The molecule has 0 aromatic heterocycles. The lowest BCUT2D eigenvalue weighted by Crippen LogP contribution is -2.30. The van der Waals surface area contributed by atoms with Crippen LogP contribution in [-0.4, -0.2) is 36.9 Å². The Morgan fingerprint density at radius 1 is 1.19 bits per heavy atom. The highest BCUT2D eigenvalue weighted by atomic mass is 35.5. The smallest absolute Gasteiger partial charge is 0.251 e. The third-order valence-electron chi connectivity index (χ3n) is 3.65. The molecular weight excluding hydrogens is 357 g/mol. The maximum Gasteiger partial charge on any atom is 0.251 e. The lowest BCUT2D eigenvalue weighted by molar-refractivity contribution is -0.117. The van der Waals surface area contributed by atoms with Crippen molar-refractivity contribution in [2.24, 2.45) is 0 Å². The summed E-state index contributed by atoms with van der Waals surface area (Å²) in [5.74, 6) is -0.873. The molecule has 0 radical (unpaired) electrons. The van der Waals surface area contributed by atoms with Gasteiger partial charge in [-0.05, 0) is 44.3 Å². The minimum absolute atomic E-state index is 0.0516. The van der Waals surface area contributed by atoms with Gasteiger partial charge in [0.2, 0.25) is 5.91 Å². The number of likely N-dealkylation sites (N-methyl/N-ethyl adjacent to an activating group) is 1. The van der Waals surface area contributed by atoms with Gasteiger partial charge < -0.3 is 10.6 Å². The Hall–Kier alpha value is -2.44. The Balaban J connectivity index is 1.96. The van der Waals surface area contributed by atoms with E-state index in [0.29, 0.717) is 28.4 Å². The first-order chi connectivity index (χ1) is 12.4. The van der Waals surface area contributed by atoms with Crippen LogP contribution >= 0.6 is 11.6 Å². The lowest BCUT2D eigenvalue weighted by Gasteiger charge is -2.17. The van der Waals surface area contributed by atoms with Crippen LogP contribution in [0.5, 0.6) is 0 Å². The number of amides is 2. The summed E-state index contributed by atoms with van der Waals surface area (Å²) in [5.41, 5.74) is 1.34. The Morgan fingerprint density at radius 2 is 1.92 bits per heavy atom. The van der Waals surface area contributed by atoms with Crippen LogP contribution in [0.15, 0.2) is 42.5 Å². The third kappa shape index (κ3) is 5.54. The molecule has 2 aromatic carbocycles. The van der Waals surface area contributed by atoms with Crippen molar-refractivity contribution in [1.29, 1.82) is 0 Å². The molecule has 0 saturated heterocycles. The number of rotatable bonds is 7. The highest BCUT2D eigenvalue weighted by Gasteiger charge is 2.13. The van der Waals surface area contributed by atoms with Gasteiger partial charge in [-0.2, -0.15) is 0 Å². The summed E-state index contributed by atoms with van der Waals surface area (Å²) < 4.78 is 13.8. The second kappa shape index (κ2) is 9.31. The molecule has 0 aliphatic carbocycles. The topological polar surface area (TPSA) is 61.4 Å². The largest absolute Gasteiger partial charge is 0.352 e. The molecule has 7 heteroatoms. The highest BCUT2D eigenvalue weighted by Crippen LogP contribution is 2.20. The summed E-state index contributed by atoms with van der Waals surface area (Å²) in [6.07, 6.45) is 0. The minimum atomic E-state index is -0.403. The molecule has 2 amide bonds. The molecule has 2 rings (SSSR count). The molecule has 5 nitrogen and oxygen atoms in total. The molecule has 0 spiro atoms. The molecule has 0 atom stereocenters. The van der Waals surface area contributed by atoms with Crippen molar-refractivity contribution in [3.63, 3.8) is 0 Å². The average Bonchev–Trinajstić information content (AvgIpc) is 2.58. The van der Waals surface area contributed by atoms with Crippen LogP contribution < -0.4 is 10.6 Å². The fourth-order valence-corrected chi connectivity index (χ4v) is 2.68. The Labute approximate surface area is 157 Å². The van der Waals surface area contributed by atoms with Gasteiger partial charge in [0.15, 0.2) is 0 Å². The number of halogens is 2. The van der Waals surface area contributed by atoms with Crippen molar-refractivity contribution in [1.82, 2.24) is 10.2 Å². The molecule has 0 bridgehead atoms. The van der Waals surface area contributed by atoms with Gasteiger partial charge in [0.25, 0.3) is 5.91 Å². The van der Waals surface area contributed by atoms with Gasteiger partial charge in [0.1, 0.15) is 5.82 Å². The van der Waals surface area contributed by atoms with Gasteiger partial charge in [0.05, 0.1) is 6.54 Å². The monoisotopic (exact) mass is 377 g/mol. The van der Waals surface area contributed by atoms with Crippen LogP contribution in [0.4, 0.5) is 10.1 Å². The van der Waals surface area contributed by atoms with Gasteiger partial charge in [-0.3, -0.25) is 14.5 Å². The maximum atomic E-state index is 13.8. The molecule has 0 heterocycles. The van der Waals surface area contributed by atoms with Gasteiger partial charge in [-0.15, -0.1) is 0 Å². The number of carbonyl (C=O) groups is 2. The van der Waals surface area contributed by atoms with Crippen LogP contribution in [0.3, 0.4) is 0 Å². The van der Waals surface area contributed by atoms with E-state index >= 15 is 0 Å².